The Morgan fingerprint density at radius 1 is 1.28 bits per heavy atom. The smallest absolute Gasteiger partial charge is 0.163 e. The molecule has 1 saturated heterocycles. The van der Waals surface area contributed by atoms with Gasteiger partial charge in [-0.3, -0.25) is 0 Å². The molecular formula is C14H20F2N2. The van der Waals surface area contributed by atoms with Crippen molar-refractivity contribution in [3.63, 3.8) is 0 Å². The summed E-state index contributed by atoms with van der Waals surface area (Å²) in [6.07, 6.45) is 2.33. The van der Waals surface area contributed by atoms with E-state index in [1.54, 1.807) is 12.1 Å². The molecule has 1 N–H and O–H groups in total. The number of nitrogens with one attached hydrogen (secondary N) is 1. The molecular weight excluding hydrogens is 234 g/mol. The summed E-state index contributed by atoms with van der Waals surface area (Å²) in [4.78, 5) is 2.08. The molecule has 0 amide bonds. The fourth-order valence-electron chi connectivity index (χ4n) is 2.53. The molecule has 0 aliphatic carbocycles. The van der Waals surface area contributed by atoms with Gasteiger partial charge in [0.1, 0.15) is 0 Å². The van der Waals surface area contributed by atoms with E-state index >= 15 is 0 Å². The van der Waals surface area contributed by atoms with Crippen LogP contribution in [0.5, 0.6) is 0 Å². The van der Waals surface area contributed by atoms with E-state index in [9.17, 15) is 8.78 Å². The minimum absolute atomic E-state index is 0.437. The van der Waals surface area contributed by atoms with Gasteiger partial charge < -0.3 is 10.2 Å². The summed E-state index contributed by atoms with van der Waals surface area (Å²) in [6.45, 7) is 3.53. The maximum atomic E-state index is 13.5. The molecule has 1 aliphatic rings. The van der Waals surface area contributed by atoms with E-state index in [-0.39, 0.29) is 0 Å². The lowest BCUT2D eigenvalue weighted by molar-refractivity contribution is 0.232. The normalized spacial score (nSPS) is 17.3. The van der Waals surface area contributed by atoms with Crippen molar-refractivity contribution in [3.05, 3.63) is 35.4 Å². The number of benzene rings is 1. The van der Waals surface area contributed by atoms with Crippen molar-refractivity contribution >= 4 is 0 Å². The van der Waals surface area contributed by atoms with Crippen molar-refractivity contribution in [2.45, 2.75) is 19.4 Å². The largest absolute Gasteiger partial charge is 0.317 e. The highest BCUT2D eigenvalue weighted by Gasteiger charge is 2.16. The predicted molar refractivity (Wildman–Crippen MR) is 68.3 cm³/mol. The van der Waals surface area contributed by atoms with Gasteiger partial charge in [-0.15, -0.1) is 0 Å². The van der Waals surface area contributed by atoms with E-state index in [1.165, 1.54) is 0 Å². The molecule has 0 unspecified atom stereocenters. The van der Waals surface area contributed by atoms with Crippen LogP contribution in [0.2, 0.25) is 0 Å². The molecule has 1 aromatic carbocycles. The van der Waals surface area contributed by atoms with E-state index in [1.807, 2.05) is 7.05 Å². The van der Waals surface area contributed by atoms with Gasteiger partial charge in [0.25, 0.3) is 0 Å². The van der Waals surface area contributed by atoms with Crippen LogP contribution in [0, 0.1) is 17.6 Å². The molecule has 1 aliphatic heterocycles. The Labute approximate surface area is 107 Å². The second-order valence-corrected chi connectivity index (χ2v) is 5.10. The van der Waals surface area contributed by atoms with Crippen LogP contribution in [-0.4, -0.2) is 31.6 Å². The SMILES string of the molecule is CN(Cc1cccc(F)c1F)CC1CCNCC1. The number of hydrogen-bond donors (Lipinski definition) is 1. The van der Waals surface area contributed by atoms with Crippen LogP contribution in [0.1, 0.15) is 18.4 Å². The second kappa shape index (κ2) is 6.25. The van der Waals surface area contributed by atoms with Gasteiger partial charge in [-0.2, -0.15) is 0 Å². The highest BCUT2D eigenvalue weighted by molar-refractivity contribution is 5.18. The van der Waals surface area contributed by atoms with Crippen molar-refractivity contribution < 1.29 is 8.78 Å². The summed E-state index contributed by atoms with van der Waals surface area (Å²) in [5.74, 6) is -0.815. The number of hydrogen-bond acceptors (Lipinski definition) is 2. The fourth-order valence-corrected chi connectivity index (χ4v) is 2.53. The van der Waals surface area contributed by atoms with Gasteiger partial charge in [-0.25, -0.2) is 8.78 Å². The highest BCUT2D eigenvalue weighted by Crippen LogP contribution is 2.16. The Kier molecular flexibility index (Phi) is 4.66. The highest BCUT2D eigenvalue weighted by atomic mass is 19.2. The number of rotatable bonds is 4. The molecule has 18 heavy (non-hydrogen) atoms. The van der Waals surface area contributed by atoms with Gasteiger partial charge >= 0.3 is 0 Å². The predicted octanol–water partition coefficient (Wildman–Crippen LogP) is 2.40. The molecule has 0 radical (unpaired) electrons. The molecule has 0 aromatic heterocycles. The Bertz CT molecular complexity index is 389. The van der Waals surface area contributed by atoms with Crippen LogP contribution in [0.4, 0.5) is 8.78 Å². The van der Waals surface area contributed by atoms with Gasteiger partial charge in [-0.05, 0) is 45.0 Å². The molecule has 0 spiro atoms. The molecule has 2 rings (SSSR count). The zero-order chi connectivity index (χ0) is 13.0. The third-order valence-corrected chi connectivity index (χ3v) is 3.50. The van der Waals surface area contributed by atoms with Crippen LogP contribution in [0.25, 0.3) is 0 Å². The summed E-state index contributed by atoms with van der Waals surface area (Å²) in [7, 11) is 1.96. The van der Waals surface area contributed by atoms with Crippen LogP contribution >= 0.6 is 0 Å². The van der Waals surface area contributed by atoms with Crippen molar-refractivity contribution in [1.29, 1.82) is 0 Å². The first-order valence-corrected chi connectivity index (χ1v) is 6.49. The van der Waals surface area contributed by atoms with Crippen molar-refractivity contribution in [2.24, 2.45) is 5.92 Å². The van der Waals surface area contributed by atoms with Gasteiger partial charge in [0.05, 0.1) is 0 Å². The first-order valence-electron chi connectivity index (χ1n) is 6.49. The van der Waals surface area contributed by atoms with Crippen LogP contribution in [0.15, 0.2) is 18.2 Å². The van der Waals surface area contributed by atoms with E-state index in [0.717, 1.165) is 38.5 Å². The van der Waals surface area contributed by atoms with Crippen molar-refractivity contribution in [2.75, 3.05) is 26.7 Å². The summed E-state index contributed by atoms with van der Waals surface area (Å²) in [6, 6.07) is 4.37. The van der Waals surface area contributed by atoms with E-state index in [4.69, 9.17) is 0 Å². The molecule has 100 valence electrons. The lowest BCUT2D eigenvalue weighted by Crippen LogP contribution is -2.34. The van der Waals surface area contributed by atoms with Gasteiger partial charge in [0, 0.05) is 18.7 Å². The molecule has 1 heterocycles. The van der Waals surface area contributed by atoms with Crippen molar-refractivity contribution in [3.8, 4) is 0 Å². The lowest BCUT2D eigenvalue weighted by atomic mass is 9.97. The Morgan fingerprint density at radius 3 is 2.72 bits per heavy atom. The van der Waals surface area contributed by atoms with Crippen LogP contribution in [0.3, 0.4) is 0 Å². The van der Waals surface area contributed by atoms with Crippen LogP contribution < -0.4 is 5.32 Å². The quantitative estimate of drug-likeness (QED) is 0.887. The zero-order valence-corrected chi connectivity index (χ0v) is 10.8. The van der Waals surface area contributed by atoms with E-state index < -0.39 is 11.6 Å². The number of nitrogens with zero attached hydrogens (tertiary/aromatic N) is 1. The van der Waals surface area contributed by atoms with Crippen molar-refractivity contribution in [1.82, 2.24) is 10.2 Å². The molecule has 2 nitrogen and oxygen atoms in total. The Balaban J connectivity index is 1.90. The average Bonchev–Trinajstić information content (AvgIpc) is 2.36. The molecule has 0 atom stereocenters. The summed E-state index contributed by atoms with van der Waals surface area (Å²) in [5.41, 5.74) is 0.437. The standard InChI is InChI=1S/C14H20F2N2/c1-18(9-11-5-7-17-8-6-11)10-12-3-2-4-13(15)14(12)16/h2-4,11,17H,5-10H2,1H3. The van der Waals surface area contributed by atoms with E-state index in [0.29, 0.717) is 18.0 Å². The maximum Gasteiger partial charge on any atom is 0.163 e. The first-order chi connectivity index (χ1) is 8.66. The molecule has 4 heteroatoms. The maximum absolute atomic E-state index is 13.5. The first kappa shape index (κ1) is 13.4. The van der Waals surface area contributed by atoms with Crippen LogP contribution in [-0.2, 0) is 6.54 Å². The summed E-state index contributed by atoms with van der Waals surface area (Å²) < 4.78 is 26.6. The molecule has 0 saturated carbocycles. The lowest BCUT2D eigenvalue weighted by Gasteiger charge is -2.27. The van der Waals surface area contributed by atoms with Gasteiger partial charge in [0.15, 0.2) is 11.6 Å². The number of piperidine rings is 1. The molecule has 0 bridgehead atoms. The third kappa shape index (κ3) is 3.50. The summed E-state index contributed by atoms with van der Waals surface area (Å²) in [5, 5.41) is 3.33. The third-order valence-electron chi connectivity index (χ3n) is 3.50. The fraction of sp³-hybridized carbons (Fsp3) is 0.571. The topological polar surface area (TPSA) is 15.3 Å². The Hall–Kier alpha value is -1.00. The van der Waals surface area contributed by atoms with Gasteiger partial charge in [-0.1, -0.05) is 12.1 Å². The molecule has 1 fully saturated rings. The number of halogens is 2. The summed E-state index contributed by atoms with van der Waals surface area (Å²) >= 11 is 0. The minimum atomic E-state index is -0.761. The van der Waals surface area contributed by atoms with Gasteiger partial charge in [0.2, 0.25) is 0 Å². The average molecular weight is 254 g/mol. The molecule has 1 aromatic rings. The zero-order valence-electron chi connectivity index (χ0n) is 10.8. The Morgan fingerprint density at radius 2 is 2.00 bits per heavy atom. The monoisotopic (exact) mass is 254 g/mol. The minimum Gasteiger partial charge on any atom is -0.317 e. The second-order valence-electron chi connectivity index (χ2n) is 5.10. The van der Waals surface area contributed by atoms with E-state index in [2.05, 4.69) is 10.2 Å².